The molecule has 72 valence electrons. The van der Waals surface area contributed by atoms with Crippen molar-refractivity contribution in [2.75, 3.05) is 5.73 Å². The third-order valence-electron chi connectivity index (χ3n) is 2.03. The van der Waals surface area contributed by atoms with Crippen LogP contribution in [0.5, 0.6) is 0 Å². The normalized spacial score (nSPS) is 10.4. The number of halogens is 1. The zero-order valence-corrected chi connectivity index (χ0v) is 7.74. The molecule has 2 aromatic rings. The fourth-order valence-corrected chi connectivity index (χ4v) is 1.29. The first-order valence-electron chi connectivity index (χ1n) is 4.21. The summed E-state index contributed by atoms with van der Waals surface area (Å²) in [6.07, 6.45) is 3.57. The van der Waals surface area contributed by atoms with Crippen molar-refractivity contribution >= 4 is 5.69 Å². The number of benzene rings is 1. The molecule has 0 aliphatic rings. The second-order valence-electron chi connectivity index (χ2n) is 3.14. The van der Waals surface area contributed by atoms with E-state index in [0.29, 0.717) is 0 Å². The number of aryl methyl sites for hydroxylation is 1. The van der Waals surface area contributed by atoms with Crippen LogP contribution in [-0.4, -0.2) is 9.78 Å². The molecule has 0 amide bonds. The van der Waals surface area contributed by atoms with Crippen LogP contribution in [0.15, 0.2) is 30.6 Å². The van der Waals surface area contributed by atoms with Gasteiger partial charge in [0.15, 0.2) is 0 Å². The topological polar surface area (TPSA) is 43.8 Å². The van der Waals surface area contributed by atoms with Gasteiger partial charge in [0, 0.05) is 18.8 Å². The van der Waals surface area contributed by atoms with Crippen molar-refractivity contribution in [3.8, 4) is 11.1 Å². The molecule has 0 spiro atoms. The zero-order valence-electron chi connectivity index (χ0n) is 7.74. The highest BCUT2D eigenvalue weighted by atomic mass is 19.1. The summed E-state index contributed by atoms with van der Waals surface area (Å²) < 4.78 is 14.6. The quantitative estimate of drug-likeness (QED) is 0.698. The Morgan fingerprint density at radius 3 is 2.71 bits per heavy atom. The Morgan fingerprint density at radius 1 is 1.36 bits per heavy atom. The van der Waals surface area contributed by atoms with Crippen LogP contribution in [0.4, 0.5) is 10.1 Å². The molecule has 1 aromatic heterocycles. The van der Waals surface area contributed by atoms with Crippen molar-refractivity contribution in [3.05, 3.63) is 36.4 Å². The third kappa shape index (κ3) is 1.46. The first-order valence-corrected chi connectivity index (χ1v) is 4.21. The summed E-state index contributed by atoms with van der Waals surface area (Å²) in [5.41, 5.74) is 7.42. The standard InChI is InChI=1S/C10H10FN3/c1-14-6-8(5-13-14)7-2-3-9(11)10(12)4-7/h2-6H,12H2,1H3. The molecule has 0 aliphatic heterocycles. The number of hydrogen-bond donors (Lipinski definition) is 1. The number of nitrogens with zero attached hydrogens (tertiary/aromatic N) is 2. The molecule has 0 saturated heterocycles. The molecule has 0 radical (unpaired) electrons. The van der Waals surface area contributed by atoms with Gasteiger partial charge in [-0.05, 0) is 17.7 Å². The lowest BCUT2D eigenvalue weighted by Crippen LogP contribution is -1.90. The van der Waals surface area contributed by atoms with Gasteiger partial charge < -0.3 is 5.73 Å². The zero-order chi connectivity index (χ0) is 10.1. The van der Waals surface area contributed by atoms with Crippen LogP contribution in [-0.2, 0) is 7.05 Å². The van der Waals surface area contributed by atoms with E-state index in [9.17, 15) is 4.39 Å². The lowest BCUT2D eigenvalue weighted by molar-refractivity contribution is 0.632. The van der Waals surface area contributed by atoms with Crippen molar-refractivity contribution < 1.29 is 4.39 Å². The van der Waals surface area contributed by atoms with Gasteiger partial charge in [0.2, 0.25) is 0 Å². The predicted molar refractivity (Wildman–Crippen MR) is 53.0 cm³/mol. The van der Waals surface area contributed by atoms with Gasteiger partial charge in [-0.25, -0.2) is 4.39 Å². The number of rotatable bonds is 1. The Kier molecular flexibility index (Phi) is 1.96. The Balaban J connectivity index is 2.47. The summed E-state index contributed by atoms with van der Waals surface area (Å²) >= 11 is 0. The number of nitrogen functional groups attached to an aromatic ring is 1. The molecule has 4 heteroatoms. The van der Waals surface area contributed by atoms with Crippen molar-refractivity contribution in [1.29, 1.82) is 0 Å². The van der Waals surface area contributed by atoms with Crippen LogP contribution in [0, 0.1) is 5.82 Å². The summed E-state index contributed by atoms with van der Waals surface area (Å²) in [6, 6.07) is 4.65. The van der Waals surface area contributed by atoms with Crippen LogP contribution >= 0.6 is 0 Å². The molecule has 0 saturated carbocycles. The molecule has 2 N–H and O–H groups in total. The highest BCUT2D eigenvalue weighted by molar-refractivity contribution is 5.66. The monoisotopic (exact) mass is 191 g/mol. The molecule has 3 nitrogen and oxygen atoms in total. The minimum absolute atomic E-state index is 0.159. The van der Waals surface area contributed by atoms with E-state index in [1.54, 1.807) is 23.0 Å². The number of anilines is 1. The molecule has 2 rings (SSSR count). The molecule has 0 fully saturated rings. The molecule has 0 aliphatic carbocycles. The third-order valence-corrected chi connectivity index (χ3v) is 2.03. The van der Waals surface area contributed by atoms with Gasteiger partial charge in [0.1, 0.15) is 5.82 Å². The fourth-order valence-electron chi connectivity index (χ4n) is 1.29. The lowest BCUT2D eigenvalue weighted by Gasteiger charge is -1.99. The molecular formula is C10H10FN3. The highest BCUT2D eigenvalue weighted by Crippen LogP contribution is 2.22. The average molecular weight is 191 g/mol. The van der Waals surface area contributed by atoms with E-state index in [0.717, 1.165) is 11.1 Å². The first kappa shape index (κ1) is 8.74. The van der Waals surface area contributed by atoms with Crippen LogP contribution in [0.25, 0.3) is 11.1 Å². The lowest BCUT2D eigenvalue weighted by atomic mass is 10.1. The summed E-state index contributed by atoms with van der Waals surface area (Å²) in [5.74, 6) is -0.391. The van der Waals surface area contributed by atoms with E-state index in [-0.39, 0.29) is 5.69 Å². The molecular weight excluding hydrogens is 181 g/mol. The number of hydrogen-bond acceptors (Lipinski definition) is 2. The SMILES string of the molecule is Cn1cc(-c2ccc(F)c(N)c2)cn1. The molecule has 0 bridgehead atoms. The van der Waals surface area contributed by atoms with Crippen LogP contribution in [0.2, 0.25) is 0 Å². The summed E-state index contributed by atoms with van der Waals surface area (Å²) in [4.78, 5) is 0. The Hall–Kier alpha value is -1.84. The van der Waals surface area contributed by atoms with E-state index in [1.165, 1.54) is 6.07 Å². The number of nitrogens with two attached hydrogens (primary N) is 1. The fraction of sp³-hybridized carbons (Fsp3) is 0.100. The largest absolute Gasteiger partial charge is 0.396 e. The Labute approximate surface area is 81.0 Å². The summed E-state index contributed by atoms with van der Waals surface area (Å²) in [7, 11) is 1.83. The second kappa shape index (κ2) is 3.14. The van der Waals surface area contributed by atoms with Gasteiger partial charge in [-0.1, -0.05) is 6.07 Å². The van der Waals surface area contributed by atoms with Crippen molar-refractivity contribution in [2.45, 2.75) is 0 Å². The van der Waals surface area contributed by atoms with Crippen LogP contribution < -0.4 is 5.73 Å². The number of aromatic nitrogens is 2. The first-order chi connectivity index (χ1) is 6.66. The van der Waals surface area contributed by atoms with Crippen molar-refractivity contribution in [3.63, 3.8) is 0 Å². The van der Waals surface area contributed by atoms with E-state index in [2.05, 4.69) is 5.10 Å². The smallest absolute Gasteiger partial charge is 0.146 e. The van der Waals surface area contributed by atoms with Gasteiger partial charge in [-0.2, -0.15) is 5.10 Å². The average Bonchev–Trinajstić information content (AvgIpc) is 2.57. The molecule has 1 aromatic carbocycles. The maximum Gasteiger partial charge on any atom is 0.146 e. The van der Waals surface area contributed by atoms with E-state index in [1.807, 2.05) is 13.2 Å². The molecule has 14 heavy (non-hydrogen) atoms. The van der Waals surface area contributed by atoms with Gasteiger partial charge in [-0.15, -0.1) is 0 Å². The van der Waals surface area contributed by atoms with E-state index < -0.39 is 5.82 Å². The summed E-state index contributed by atoms with van der Waals surface area (Å²) in [6.45, 7) is 0. The van der Waals surface area contributed by atoms with Gasteiger partial charge in [0.25, 0.3) is 0 Å². The van der Waals surface area contributed by atoms with E-state index >= 15 is 0 Å². The Bertz CT molecular complexity index is 462. The molecule has 0 atom stereocenters. The second-order valence-corrected chi connectivity index (χ2v) is 3.14. The maximum absolute atomic E-state index is 12.9. The predicted octanol–water partition coefficient (Wildman–Crippen LogP) is 1.81. The van der Waals surface area contributed by atoms with Crippen molar-refractivity contribution in [1.82, 2.24) is 9.78 Å². The van der Waals surface area contributed by atoms with Crippen LogP contribution in [0.3, 0.4) is 0 Å². The maximum atomic E-state index is 12.9. The minimum atomic E-state index is -0.391. The van der Waals surface area contributed by atoms with Gasteiger partial charge >= 0.3 is 0 Å². The van der Waals surface area contributed by atoms with E-state index in [4.69, 9.17) is 5.73 Å². The minimum Gasteiger partial charge on any atom is -0.396 e. The van der Waals surface area contributed by atoms with Gasteiger partial charge in [0.05, 0.1) is 11.9 Å². The molecule has 0 unspecified atom stereocenters. The summed E-state index contributed by atoms with van der Waals surface area (Å²) in [5, 5.41) is 4.03. The van der Waals surface area contributed by atoms with Gasteiger partial charge in [-0.3, -0.25) is 4.68 Å². The van der Waals surface area contributed by atoms with Crippen molar-refractivity contribution in [2.24, 2.45) is 7.05 Å². The Morgan fingerprint density at radius 2 is 2.14 bits per heavy atom. The molecule has 1 heterocycles. The van der Waals surface area contributed by atoms with Crippen LogP contribution in [0.1, 0.15) is 0 Å². The highest BCUT2D eigenvalue weighted by Gasteiger charge is 2.03.